The fourth-order valence-electron chi connectivity index (χ4n) is 4.89. The number of amides is 1. The summed E-state index contributed by atoms with van der Waals surface area (Å²) >= 11 is 6.57. The summed E-state index contributed by atoms with van der Waals surface area (Å²) in [5.41, 5.74) is 2.33. The first-order valence-corrected chi connectivity index (χ1v) is 11.4. The number of aromatic amines is 1. The van der Waals surface area contributed by atoms with Crippen molar-refractivity contribution in [3.05, 3.63) is 59.1 Å². The lowest BCUT2D eigenvalue weighted by molar-refractivity contribution is -0.141. The van der Waals surface area contributed by atoms with E-state index < -0.39 is 5.41 Å². The van der Waals surface area contributed by atoms with Gasteiger partial charge in [0.2, 0.25) is 11.9 Å². The van der Waals surface area contributed by atoms with Crippen molar-refractivity contribution in [1.82, 2.24) is 14.9 Å². The molecule has 3 aromatic rings. The number of carbonyl (C=O) groups excluding carboxylic acids is 1. The third kappa shape index (κ3) is 3.79. The Labute approximate surface area is 187 Å². The predicted molar refractivity (Wildman–Crippen MR) is 123 cm³/mol. The zero-order valence-corrected chi connectivity index (χ0v) is 18.3. The van der Waals surface area contributed by atoms with Crippen LogP contribution in [0.2, 0.25) is 5.02 Å². The van der Waals surface area contributed by atoms with Crippen molar-refractivity contribution in [2.24, 2.45) is 0 Å². The van der Waals surface area contributed by atoms with Crippen LogP contribution in [-0.4, -0.2) is 60.2 Å². The number of benzene rings is 2. The van der Waals surface area contributed by atoms with Gasteiger partial charge >= 0.3 is 0 Å². The molecule has 0 bridgehead atoms. The second-order valence-electron chi connectivity index (χ2n) is 8.38. The number of aromatic nitrogens is 2. The number of rotatable bonds is 3. The van der Waals surface area contributed by atoms with E-state index in [2.05, 4.69) is 9.88 Å². The predicted octanol–water partition coefficient (Wildman–Crippen LogP) is 4.00. The third-order valence-corrected chi connectivity index (χ3v) is 6.93. The highest BCUT2D eigenvalue weighted by Gasteiger charge is 2.45. The quantitative estimate of drug-likeness (QED) is 0.671. The molecule has 0 atom stereocenters. The third-order valence-electron chi connectivity index (χ3n) is 6.60. The lowest BCUT2D eigenvalue weighted by Gasteiger charge is -2.40. The normalized spacial score (nSPS) is 19.4. The van der Waals surface area contributed by atoms with Crippen LogP contribution >= 0.6 is 11.6 Å². The van der Waals surface area contributed by atoms with Crippen molar-refractivity contribution >= 4 is 34.5 Å². The number of nitrogens with zero attached hydrogens (tertiary/aromatic N) is 3. The number of carbonyl (C=O) groups is 1. The summed E-state index contributed by atoms with van der Waals surface area (Å²) in [6.07, 6.45) is 2.23. The summed E-state index contributed by atoms with van der Waals surface area (Å²) in [5, 5.41) is 0.663. The Bertz CT molecular complexity index is 1040. The maximum absolute atomic E-state index is 13.9. The van der Waals surface area contributed by atoms with E-state index in [0.29, 0.717) is 37.6 Å². The van der Waals surface area contributed by atoms with Gasteiger partial charge in [0.1, 0.15) is 0 Å². The van der Waals surface area contributed by atoms with Gasteiger partial charge in [-0.15, -0.1) is 0 Å². The van der Waals surface area contributed by atoms with Crippen LogP contribution in [0.5, 0.6) is 0 Å². The SMILES string of the molecule is O=C(N1CCCN(c2nc3ccccc3[nH]2)CC1)C1(c2ccccc2Cl)CCOCC1. The molecule has 0 aliphatic carbocycles. The molecule has 0 spiro atoms. The number of anilines is 1. The fraction of sp³-hybridized carbons (Fsp3) is 0.417. The van der Waals surface area contributed by atoms with Gasteiger partial charge in [-0.05, 0) is 43.0 Å². The molecular weight excluding hydrogens is 412 g/mol. The van der Waals surface area contributed by atoms with Crippen molar-refractivity contribution in [3.63, 3.8) is 0 Å². The fourth-order valence-corrected chi connectivity index (χ4v) is 5.21. The molecule has 6 nitrogen and oxygen atoms in total. The molecule has 162 valence electrons. The minimum absolute atomic E-state index is 0.176. The van der Waals surface area contributed by atoms with Gasteiger partial charge < -0.3 is 19.5 Å². The van der Waals surface area contributed by atoms with Crippen LogP contribution in [-0.2, 0) is 14.9 Å². The zero-order chi connectivity index (χ0) is 21.3. The molecule has 2 aliphatic rings. The molecule has 5 rings (SSSR count). The highest BCUT2D eigenvalue weighted by Crippen LogP contribution is 2.40. The molecule has 7 heteroatoms. The Morgan fingerprint density at radius 2 is 1.77 bits per heavy atom. The van der Waals surface area contributed by atoms with Crippen LogP contribution in [0.15, 0.2) is 48.5 Å². The van der Waals surface area contributed by atoms with Crippen LogP contribution in [0.25, 0.3) is 11.0 Å². The van der Waals surface area contributed by atoms with Crippen molar-refractivity contribution < 1.29 is 9.53 Å². The largest absolute Gasteiger partial charge is 0.381 e. The van der Waals surface area contributed by atoms with Crippen LogP contribution in [0.1, 0.15) is 24.8 Å². The van der Waals surface area contributed by atoms with Gasteiger partial charge in [0.15, 0.2) is 0 Å². The lowest BCUT2D eigenvalue weighted by Crippen LogP contribution is -2.51. The maximum Gasteiger partial charge on any atom is 0.233 e. The van der Waals surface area contributed by atoms with E-state index in [9.17, 15) is 4.79 Å². The summed E-state index contributed by atoms with van der Waals surface area (Å²) in [6.45, 7) is 4.18. The monoisotopic (exact) mass is 438 g/mol. The highest BCUT2D eigenvalue weighted by atomic mass is 35.5. The Morgan fingerprint density at radius 1 is 1.00 bits per heavy atom. The van der Waals surface area contributed by atoms with Crippen LogP contribution < -0.4 is 4.90 Å². The summed E-state index contributed by atoms with van der Waals surface area (Å²) in [5.74, 6) is 1.05. The van der Waals surface area contributed by atoms with Crippen molar-refractivity contribution in [2.75, 3.05) is 44.3 Å². The van der Waals surface area contributed by atoms with Gasteiger partial charge in [-0.3, -0.25) is 4.79 Å². The first-order valence-electron chi connectivity index (χ1n) is 11.0. The molecule has 2 fully saturated rings. The molecule has 2 aromatic carbocycles. The minimum atomic E-state index is -0.606. The number of para-hydroxylation sites is 2. The smallest absolute Gasteiger partial charge is 0.233 e. The average molecular weight is 439 g/mol. The molecule has 1 amide bonds. The molecule has 3 heterocycles. The Hall–Kier alpha value is -2.57. The van der Waals surface area contributed by atoms with Gasteiger partial charge in [0.05, 0.1) is 16.4 Å². The van der Waals surface area contributed by atoms with E-state index in [1.807, 2.05) is 53.4 Å². The Kier molecular flexibility index (Phi) is 5.59. The second-order valence-corrected chi connectivity index (χ2v) is 8.79. The number of imidazole rings is 1. The van der Waals surface area contributed by atoms with E-state index in [-0.39, 0.29) is 5.91 Å². The van der Waals surface area contributed by atoms with E-state index in [1.165, 1.54) is 0 Å². The average Bonchev–Trinajstić information content (AvgIpc) is 3.09. The highest BCUT2D eigenvalue weighted by molar-refractivity contribution is 6.31. The molecule has 0 saturated carbocycles. The van der Waals surface area contributed by atoms with Gasteiger partial charge in [-0.25, -0.2) is 4.98 Å². The minimum Gasteiger partial charge on any atom is -0.381 e. The number of fused-ring (bicyclic) bond motifs is 1. The van der Waals surface area contributed by atoms with Crippen molar-refractivity contribution in [3.8, 4) is 0 Å². The molecule has 1 N–H and O–H groups in total. The van der Waals surface area contributed by atoms with Gasteiger partial charge in [-0.2, -0.15) is 0 Å². The number of hydrogen-bond acceptors (Lipinski definition) is 4. The van der Waals surface area contributed by atoms with E-state index in [0.717, 1.165) is 48.6 Å². The summed E-state index contributed by atoms with van der Waals surface area (Å²) in [6, 6.07) is 15.8. The topological polar surface area (TPSA) is 61.5 Å². The van der Waals surface area contributed by atoms with Crippen LogP contribution in [0, 0.1) is 0 Å². The van der Waals surface area contributed by atoms with Crippen LogP contribution in [0.4, 0.5) is 5.95 Å². The molecule has 2 saturated heterocycles. The van der Waals surface area contributed by atoms with Crippen molar-refractivity contribution in [2.45, 2.75) is 24.7 Å². The number of nitrogens with one attached hydrogen (secondary N) is 1. The van der Waals surface area contributed by atoms with Gasteiger partial charge in [0.25, 0.3) is 0 Å². The van der Waals surface area contributed by atoms with E-state index in [4.69, 9.17) is 21.3 Å². The summed E-state index contributed by atoms with van der Waals surface area (Å²) in [4.78, 5) is 26.4. The standard InChI is InChI=1S/C24H27ClN4O2/c25-19-7-2-1-6-18(19)24(10-16-31-17-11-24)22(30)28-12-5-13-29(15-14-28)23-26-20-8-3-4-9-21(20)27-23/h1-4,6-9H,5,10-17H2,(H,26,27). The van der Waals surface area contributed by atoms with E-state index >= 15 is 0 Å². The van der Waals surface area contributed by atoms with Crippen molar-refractivity contribution in [1.29, 1.82) is 0 Å². The number of halogens is 1. The molecule has 0 radical (unpaired) electrons. The maximum atomic E-state index is 13.9. The number of H-pyrrole nitrogens is 1. The molecule has 2 aliphatic heterocycles. The second kappa shape index (κ2) is 8.52. The number of ether oxygens (including phenoxy) is 1. The molecule has 31 heavy (non-hydrogen) atoms. The molecule has 1 aromatic heterocycles. The zero-order valence-electron chi connectivity index (χ0n) is 17.5. The lowest BCUT2D eigenvalue weighted by atomic mass is 9.73. The first kappa shape index (κ1) is 20.3. The summed E-state index contributed by atoms with van der Waals surface area (Å²) in [7, 11) is 0. The Morgan fingerprint density at radius 3 is 2.58 bits per heavy atom. The number of hydrogen-bond donors (Lipinski definition) is 1. The Balaban J connectivity index is 1.38. The summed E-state index contributed by atoms with van der Waals surface area (Å²) < 4.78 is 5.62. The van der Waals surface area contributed by atoms with Gasteiger partial charge in [0, 0.05) is 44.4 Å². The van der Waals surface area contributed by atoms with Gasteiger partial charge in [-0.1, -0.05) is 41.9 Å². The molecule has 0 unspecified atom stereocenters. The molecular formula is C24H27ClN4O2. The first-order chi connectivity index (χ1) is 15.2. The van der Waals surface area contributed by atoms with E-state index in [1.54, 1.807) is 0 Å². The van der Waals surface area contributed by atoms with Crippen LogP contribution in [0.3, 0.4) is 0 Å².